The van der Waals surface area contributed by atoms with Crippen molar-refractivity contribution in [3.05, 3.63) is 23.8 Å². The van der Waals surface area contributed by atoms with Crippen molar-refractivity contribution in [2.45, 2.75) is 23.7 Å². The SMILES string of the molecule is O=S(=O)(c1cccc2c1OCC2)N1CCC(F)(F)C(CO)C1. The Morgan fingerprint density at radius 1 is 1.41 bits per heavy atom. The van der Waals surface area contributed by atoms with E-state index in [-0.39, 0.29) is 11.4 Å². The Labute approximate surface area is 127 Å². The molecule has 0 spiro atoms. The first-order chi connectivity index (χ1) is 10.4. The second-order valence-electron chi connectivity index (χ2n) is 5.60. The summed E-state index contributed by atoms with van der Waals surface area (Å²) in [4.78, 5) is 0.0180. The predicted molar refractivity (Wildman–Crippen MR) is 74.5 cm³/mol. The van der Waals surface area contributed by atoms with Crippen molar-refractivity contribution < 1.29 is 27.0 Å². The molecule has 1 saturated heterocycles. The maximum atomic E-state index is 13.6. The van der Waals surface area contributed by atoms with Crippen molar-refractivity contribution in [3.8, 4) is 5.75 Å². The lowest BCUT2D eigenvalue weighted by atomic mass is 9.96. The molecular weight excluding hydrogens is 316 g/mol. The monoisotopic (exact) mass is 333 g/mol. The Hall–Kier alpha value is -1.25. The highest BCUT2D eigenvalue weighted by atomic mass is 32.2. The third-order valence-electron chi connectivity index (χ3n) is 4.23. The van der Waals surface area contributed by atoms with Gasteiger partial charge in [0.1, 0.15) is 10.6 Å². The van der Waals surface area contributed by atoms with Gasteiger partial charge in [0.05, 0.1) is 19.1 Å². The van der Waals surface area contributed by atoms with Crippen LogP contribution in [0.5, 0.6) is 5.75 Å². The van der Waals surface area contributed by atoms with Crippen LogP contribution in [0.15, 0.2) is 23.1 Å². The molecule has 1 N–H and O–H groups in total. The molecule has 0 aliphatic carbocycles. The van der Waals surface area contributed by atoms with Gasteiger partial charge in [0, 0.05) is 25.9 Å². The average molecular weight is 333 g/mol. The second-order valence-corrected chi connectivity index (χ2v) is 7.50. The van der Waals surface area contributed by atoms with Crippen LogP contribution in [0.3, 0.4) is 0 Å². The van der Waals surface area contributed by atoms with Gasteiger partial charge in [0.15, 0.2) is 0 Å². The fraction of sp³-hybridized carbons (Fsp3) is 0.571. The number of nitrogens with zero attached hydrogens (tertiary/aromatic N) is 1. The van der Waals surface area contributed by atoms with E-state index in [1.54, 1.807) is 12.1 Å². The Morgan fingerprint density at radius 3 is 2.91 bits per heavy atom. The molecule has 1 unspecified atom stereocenters. The average Bonchev–Trinajstić information content (AvgIpc) is 2.94. The number of sulfonamides is 1. The number of aliphatic hydroxyl groups excluding tert-OH is 1. The van der Waals surface area contributed by atoms with Crippen LogP contribution in [0.2, 0.25) is 0 Å². The van der Waals surface area contributed by atoms with Gasteiger partial charge in [-0.1, -0.05) is 12.1 Å². The maximum absolute atomic E-state index is 13.6. The van der Waals surface area contributed by atoms with Crippen LogP contribution in [0, 0.1) is 5.92 Å². The van der Waals surface area contributed by atoms with Crippen LogP contribution >= 0.6 is 0 Å². The zero-order chi connectivity index (χ0) is 16.0. The van der Waals surface area contributed by atoms with Crippen LogP contribution in [-0.4, -0.2) is 50.1 Å². The Bertz CT molecular complexity index is 677. The third-order valence-corrected chi connectivity index (χ3v) is 6.12. The number of fused-ring (bicyclic) bond motifs is 1. The van der Waals surface area contributed by atoms with Gasteiger partial charge < -0.3 is 9.84 Å². The first kappa shape index (κ1) is 15.6. The minimum Gasteiger partial charge on any atom is -0.492 e. The van der Waals surface area contributed by atoms with E-state index in [2.05, 4.69) is 0 Å². The molecule has 1 atom stereocenters. The van der Waals surface area contributed by atoms with Crippen molar-refractivity contribution in [1.29, 1.82) is 0 Å². The van der Waals surface area contributed by atoms with Gasteiger partial charge >= 0.3 is 0 Å². The molecule has 122 valence electrons. The normalized spacial score (nSPS) is 24.8. The topological polar surface area (TPSA) is 66.8 Å². The van der Waals surface area contributed by atoms with Gasteiger partial charge in [-0.2, -0.15) is 4.31 Å². The predicted octanol–water partition coefficient (Wildman–Crippen LogP) is 1.26. The lowest BCUT2D eigenvalue weighted by molar-refractivity contribution is -0.107. The molecule has 0 radical (unpaired) electrons. The number of alkyl halides is 2. The van der Waals surface area contributed by atoms with E-state index in [1.807, 2.05) is 0 Å². The van der Waals surface area contributed by atoms with Gasteiger partial charge in [-0.15, -0.1) is 0 Å². The molecule has 0 saturated carbocycles. The van der Waals surface area contributed by atoms with Crippen LogP contribution in [0.1, 0.15) is 12.0 Å². The molecule has 8 heteroatoms. The van der Waals surface area contributed by atoms with Gasteiger partial charge in [0.2, 0.25) is 10.0 Å². The van der Waals surface area contributed by atoms with E-state index in [1.165, 1.54) is 6.07 Å². The van der Waals surface area contributed by atoms with Crippen molar-refractivity contribution in [1.82, 2.24) is 4.31 Å². The smallest absolute Gasteiger partial charge is 0.255 e. The molecule has 5 nitrogen and oxygen atoms in total. The van der Waals surface area contributed by atoms with Gasteiger partial charge in [-0.3, -0.25) is 0 Å². The van der Waals surface area contributed by atoms with Crippen molar-refractivity contribution in [2.24, 2.45) is 5.92 Å². The van der Waals surface area contributed by atoms with E-state index in [0.717, 1.165) is 9.87 Å². The number of halogens is 2. The molecule has 1 fully saturated rings. The van der Waals surface area contributed by atoms with Crippen molar-refractivity contribution in [2.75, 3.05) is 26.3 Å². The number of hydrogen-bond acceptors (Lipinski definition) is 4. The summed E-state index contributed by atoms with van der Waals surface area (Å²) < 4.78 is 59.2. The first-order valence-corrected chi connectivity index (χ1v) is 8.54. The summed E-state index contributed by atoms with van der Waals surface area (Å²) in [5.41, 5.74) is 0.808. The van der Waals surface area contributed by atoms with Crippen LogP contribution in [0.4, 0.5) is 8.78 Å². The highest BCUT2D eigenvalue weighted by Gasteiger charge is 2.47. The summed E-state index contributed by atoms with van der Waals surface area (Å²) in [7, 11) is -3.92. The molecule has 2 aliphatic rings. The summed E-state index contributed by atoms with van der Waals surface area (Å²) in [6.07, 6.45) is 0.0450. The first-order valence-electron chi connectivity index (χ1n) is 7.10. The molecule has 1 aromatic rings. The van der Waals surface area contributed by atoms with Crippen LogP contribution in [0.25, 0.3) is 0 Å². The summed E-state index contributed by atoms with van der Waals surface area (Å²) in [6.45, 7) is -0.993. The number of rotatable bonds is 3. The van der Waals surface area contributed by atoms with Crippen molar-refractivity contribution >= 4 is 10.0 Å². The highest BCUT2D eigenvalue weighted by Crippen LogP contribution is 2.38. The summed E-state index contributed by atoms with van der Waals surface area (Å²) in [5.74, 6) is -4.11. The summed E-state index contributed by atoms with van der Waals surface area (Å²) in [5, 5.41) is 9.11. The molecule has 2 aliphatic heterocycles. The molecule has 0 amide bonds. The van der Waals surface area contributed by atoms with Gasteiger partial charge in [-0.05, 0) is 11.6 Å². The lowest BCUT2D eigenvalue weighted by Gasteiger charge is -2.36. The number of ether oxygens (including phenoxy) is 1. The fourth-order valence-corrected chi connectivity index (χ4v) is 4.55. The second kappa shape index (κ2) is 5.43. The van der Waals surface area contributed by atoms with Crippen LogP contribution in [-0.2, 0) is 16.4 Å². The number of hydrogen-bond donors (Lipinski definition) is 1. The van der Waals surface area contributed by atoms with E-state index in [4.69, 9.17) is 9.84 Å². The van der Waals surface area contributed by atoms with Crippen molar-refractivity contribution in [3.63, 3.8) is 0 Å². The van der Waals surface area contributed by atoms with Crippen LogP contribution < -0.4 is 4.74 Å². The highest BCUT2D eigenvalue weighted by molar-refractivity contribution is 7.89. The minimum atomic E-state index is -3.92. The number of piperidine rings is 1. The number of benzene rings is 1. The molecule has 0 aromatic heterocycles. The molecule has 1 aromatic carbocycles. The Morgan fingerprint density at radius 2 is 2.18 bits per heavy atom. The van der Waals surface area contributed by atoms with E-state index in [9.17, 15) is 17.2 Å². The number of aliphatic hydroxyl groups is 1. The molecule has 0 bridgehead atoms. The molecule has 2 heterocycles. The summed E-state index contributed by atoms with van der Waals surface area (Å²) >= 11 is 0. The quantitative estimate of drug-likeness (QED) is 0.904. The van der Waals surface area contributed by atoms with Gasteiger partial charge in [0.25, 0.3) is 5.92 Å². The minimum absolute atomic E-state index is 0.0180. The lowest BCUT2D eigenvalue weighted by Crippen LogP contribution is -2.50. The Balaban J connectivity index is 1.93. The largest absolute Gasteiger partial charge is 0.492 e. The fourth-order valence-electron chi connectivity index (χ4n) is 2.89. The summed E-state index contributed by atoms with van der Waals surface area (Å²) in [6, 6.07) is 4.85. The Kier molecular flexibility index (Phi) is 3.86. The number of para-hydroxylation sites is 1. The zero-order valence-corrected chi connectivity index (χ0v) is 12.7. The van der Waals surface area contributed by atoms with E-state index < -0.39 is 41.4 Å². The molecular formula is C14H17F2NO4S. The van der Waals surface area contributed by atoms with E-state index >= 15 is 0 Å². The zero-order valence-electron chi connectivity index (χ0n) is 11.8. The van der Waals surface area contributed by atoms with E-state index in [0.29, 0.717) is 18.8 Å². The molecule has 3 rings (SSSR count). The maximum Gasteiger partial charge on any atom is 0.255 e. The standard InChI is InChI=1S/C14H17F2NO4S/c15-14(16)5-6-17(8-11(14)9-18)22(19,20)12-3-1-2-10-4-7-21-13(10)12/h1-3,11,18H,4-9H2. The van der Waals surface area contributed by atoms with Gasteiger partial charge in [-0.25, -0.2) is 17.2 Å². The third kappa shape index (κ3) is 2.49. The molecule has 22 heavy (non-hydrogen) atoms.